The molecule has 0 spiro atoms. The lowest BCUT2D eigenvalue weighted by molar-refractivity contribution is -0.395. The molecule has 2 rings (SSSR count). The Morgan fingerprint density at radius 3 is 2.34 bits per heavy atom. The van der Waals surface area contributed by atoms with Gasteiger partial charge in [0, 0.05) is 6.07 Å². The number of nitrogens with zero attached hydrogens (tertiary/aromatic N) is 2. The molecule has 9 nitrogen and oxygen atoms in total. The number of rotatable bonds is 6. The third kappa shape index (κ3) is 4.71. The Kier molecular flexibility index (Phi) is 6.27. The van der Waals surface area contributed by atoms with Crippen molar-refractivity contribution in [2.24, 2.45) is 0 Å². The lowest BCUT2D eigenvalue weighted by Crippen LogP contribution is -2.10. The Bertz CT molecular complexity index is 995. The molecule has 0 saturated carbocycles. The van der Waals surface area contributed by atoms with E-state index in [9.17, 15) is 38.2 Å². The zero-order valence-electron chi connectivity index (χ0n) is 14.4. The minimum absolute atomic E-state index is 0.0415. The fraction of sp³-hybridized carbons (Fsp3) is 0.188. The van der Waals surface area contributed by atoms with E-state index in [1.54, 1.807) is 6.92 Å². The lowest BCUT2D eigenvalue weighted by atomic mass is 10.1. The highest BCUT2D eigenvalue weighted by Crippen LogP contribution is 2.50. The normalized spacial score (nSPS) is 11.1. The summed E-state index contributed by atoms with van der Waals surface area (Å²) in [4.78, 5) is 31.7. The van der Waals surface area contributed by atoms with E-state index in [1.807, 2.05) is 0 Å². The van der Waals surface area contributed by atoms with Crippen molar-refractivity contribution in [1.29, 1.82) is 0 Å². The number of nitro groups is 2. The number of ether oxygens (including phenoxy) is 2. The maximum Gasteiger partial charge on any atom is 0.418 e. The first kappa shape index (κ1) is 21.9. The van der Waals surface area contributed by atoms with Crippen LogP contribution in [-0.2, 0) is 10.9 Å². The van der Waals surface area contributed by atoms with Crippen molar-refractivity contribution in [2.45, 2.75) is 13.1 Å². The molecule has 0 N–H and O–H groups in total. The number of esters is 1. The second kappa shape index (κ2) is 8.31. The van der Waals surface area contributed by atoms with Crippen molar-refractivity contribution >= 4 is 28.9 Å². The van der Waals surface area contributed by atoms with Gasteiger partial charge in [0.15, 0.2) is 0 Å². The molecule has 29 heavy (non-hydrogen) atoms. The number of hydrogen-bond acceptors (Lipinski definition) is 7. The van der Waals surface area contributed by atoms with Gasteiger partial charge < -0.3 is 9.47 Å². The molecular weight excluding hydrogens is 425 g/mol. The van der Waals surface area contributed by atoms with Crippen LogP contribution in [0.3, 0.4) is 0 Å². The number of nitro benzene ring substituents is 2. The molecule has 0 aromatic heterocycles. The molecule has 0 atom stereocenters. The smallest absolute Gasteiger partial charge is 0.418 e. The molecular formula is C16H10ClF3N2O7. The van der Waals surface area contributed by atoms with Crippen LogP contribution in [0, 0.1) is 20.2 Å². The van der Waals surface area contributed by atoms with E-state index in [-0.39, 0.29) is 24.0 Å². The average Bonchev–Trinajstić information content (AvgIpc) is 2.60. The molecule has 2 aromatic rings. The van der Waals surface area contributed by atoms with Gasteiger partial charge in [0.1, 0.15) is 10.8 Å². The van der Waals surface area contributed by atoms with Crippen LogP contribution in [0.2, 0.25) is 5.02 Å². The lowest BCUT2D eigenvalue weighted by Gasteiger charge is -2.13. The zero-order valence-corrected chi connectivity index (χ0v) is 15.1. The van der Waals surface area contributed by atoms with Crippen molar-refractivity contribution in [1.82, 2.24) is 0 Å². The number of alkyl halides is 3. The molecule has 0 aliphatic rings. The quantitative estimate of drug-likeness (QED) is 0.350. The summed E-state index contributed by atoms with van der Waals surface area (Å²) in [5.41, 5.74) is -4.57. The summed E-state index contributed by atoms with van der Waals surface area (Å²) in [6.07, 6.45) is -5.19. The predicted octanol–water partition coefficient (Wildman–Crippen LogP) is 5.14. The highest BCUT2D eigenvalue weighted by atomic mass is 35.5. The van der Waals surface area contributed by atoms with Gasteiger partial charge in [0.05, 0.1) is 27.6 Å². The maximum atomic E-state index is 13.1. The van der Waals surface area contributed by atoms with Crippen molar-refractivity contribution in [3.05, 3.63) is 66.7 Å². The molecule has 2 aromatic carbocycles. The maximum absolute atomic E-state index is 13.1. The molecule has 0 radical (unpaired) electrons. The summed E-state index contributed by atoms with van der Waals surface area (Å²) in [5, 5.41) is 21.2. The van der Waals surface area contributed by atoms with E-state index < -0.39 is 49.7 Å². The van der Waals surface area contributed by atoms with Crippen LogP contribution < -0.4 is 4.74 Å². The third-order valence-electron chi connectivity index (χ3n) is 3.42. The highest BCUT2D eigenvalue weighted by Gasteiger charge is 2.43. The topological polar surface area (TPSA) is 122 Å². The summed E-state index contributed by atoms with van der Waals surface area (Å²) >= 11 is 5.52. The van der Waals surface area contributed by atoms with Crippen molar-refractivity contribution < 1.29 is 37.3 Å². The van der Waals surface area contributed by atoms with Crippen molar-refractivity contribution in [3.63, 3.8) is 0 Å². The largest absolute Gasteiger partial charge is 0.462 e. The third-order valence-corrected chi connectivity index (χ3v) is 3.81. The van der Waals surface area contributed by atoms with E-state index >= 15 is 0 Å². The molecule has 0 aliphatic heterocycles. The number of benzene rings is 2. The van der Waals surface area contributed by atoms with Crippen LogP contribution in [0.5, 0.6) is 11.5 Å². The molecule has 154 valence electrons. The standard InChI is InChI=1S/C16H10ClF3N2O7/c1-2-28-15(23)8-4-3-5-9(6-8)29-14-11(21(24)25)7-10(16(18,19)20)12(17)13(14)22(26)27/h3-7H,2H2,1H3. The van der Waals surface area contributed by atoms with E-state index in [1.165, 1.54) is 18.2 Å². The zero-order chi connectivity index (χ0) is 21.9. The van der Waals surface area contributed by atoms with E-state index in [0.717, 1.165) is 6.07 Å². The van der Waals surface area contributed by atoms with Gasteiger partial charge in [0.25, 0.3) is 5.75 Å². The molecule has 0 aliphatic carbocycles. The van der Waals surface area contributed by atoms with E-state index in [0.29, 0.717) is 0 Å². The Morgan fingerprint density at radius 2 is 1.83 bits per heavy atom. The van der Waals surface area contributed by atoms with Crippen LogP contribution in [0.25, 0.3) is 0 Å². The summed E-state index contributed by atoms with van der Waals surface area (Å²) < 4.78 is 49.2. The van der Waals surface area contributed by atoms with Crippen molar-refractivity contribution in [3.8, 4) is 11.5 Å². The monoisotopic (exact) mass is 434 g/mol. The second-order valence-electron chi connectivity index (χ2n) is 5.30. The molecule has 0 fully saturated rings. The molecule has 0 amide bonds. The average molecular weight is 435 g/mol. The highest BCUT2D eigenvalue weighted by molar-refractivity contribution is 6.34. The van der Waals surface area contributed by atoms with Gasteiger partial charge in [-0.15, -0.1) is 0 Å². The van der Waals surface area contributed by atoms with Gasteiger partial charge in [-0.25, -0.2) is 4.79 Å². The van der Waals surface area contributed by atoms with Crippen LogP contribution >= 0.6 is 11.6 Å². The van der Waals surface area contributed by atoms with E-state index in [2.05, 4.69) is 0 Å². The van der Waals surface area contributed by atoms with Gasteiger partial charge in [-0.1, -0.05) is 17.7 Å². The Labute approximate surface area is 164 Å². The van der Waals surface area contributed by atoms with Gasteiger partial charge >= 0.3 is 23.5 Å². The first-order valence-electron chi connectivity index (χ1n) is 7.64. The number of hydrogen-bond donors (Lipinski definition) is 0. The molecule has 13 heteroatoms. The number of halogens is 4. The Morgan fingerprint density at radius 1 is 1.17 bits per heavy atom. The molecule has 0 saturated heterocycles. The van der Waals surface area contributed by atoms with Crippen LogP contribution in [0.1, 0.15) is 22.8 Å². The molecule has 0 heterocycles. The first-order valence-corrected chi connectivity index (χ1v) is 8.02. The summed E-state index contributed by atoms with van der Waals surface area (Å²) in [7, 11) is 0. The van der Waals surface area contributed by atoms with Crippen LogP contribution in [-0.4, -0.2) is 22.4 Å². The van der Waals surface area contributed by atoms with Crippen LogP contribution in [0.4, 0.5) is 24.5 Å². The van der Waals surface area contributed by atoms with Crippen LogP contribution in [0.15, 0.2) is 30.3 Å². The second-order valence-corrected chi connectivity index (χ2v) is 5.68. The number of carbonyl (C=O) groups excluding carboxylic acids is 1. The van der Waals surface area contributed by atoms with E-state index in [4.69, 9.17) is 21.1 Å². The minimum atomic E-state index is -5.19. The Hall–Kier alpha value is -3.41. The number of carbonyl (C=O) groups is 1. The van der Waals surface area contributed by atoms with Gasteiger partial charge in [-0.3, -0.25) is 20.2 Å². The van der Waals surface area contributed by atoms with Gasteiger partial charge in [0.2, 0.25) is 0 Å². The van der Waals surface area contributed by atoms with Crippen molar-refractivity contribution in [2.75, 3.05) is 6.61 Å². The van der Waals surface area contributed by atoms with Gasteiger partial charge in [-0.05, 0) is 25.1 Å². The Balaban J connectivity index is 2.68. The fourth-order valence-electron chi connectivity index (χ4n) is 2.24. The molecule has 0 bridgehead atoms. The summed E-state index contributed by atoms with van der Waals surface area (Å²) in [5.74, 6) is -2.18. The SMILES string of the molecule is CCOC(=O)c1cccc(Oc2c([N+](=O)[O-])cc(C(F)(F)F)c(Cl)c2[N+](=O)[O-])c1. The summed E-state index contributed by atoms with van der Waals surface area (Å²) in [6.45, 7) is 1.60. The molecule has 0 unspecified atom stereocenters. The van der Waals surface area contributed by atoms with Gasteiger partial charge in [-0.2, -0.15) is 13.2 Å². The minimum Gasteiger partial charge on any atom is -0.462 e. The predicted molar refractivity (Wildman–Crippen MR) is 92.2 cm³/mol. The first-order chi connectivity index (χ1) is 13.5. The fourth-order valence-corrected chi connectivity index (χ4v) is 2.56. The summed E-state index contributed by atoms with van der Waals surface area (Å²) in [6, 6.07) is 4.87.